The molecule has 1 rings (SSSR count). The molecule has 0 aliphatic heterocycles. The fourth-order valence-electron chi connectivity index (χ4n) is 1.83. The lowest BCUT2D eigenvalue weighted by molar-refractivity contribution is -0.384. The zero-order valence-electron chi connectivity index (χ0n) is 12.5. The van der Waals surface area contributed by atoms with Crippen LogP contribution < -0.4 is 5.32 Å². The largest absolute Gasteiger partial charge is 0.394 e. The van der Waals surface area contributed by atoms with Crippen LogP contribution in [-0.2, 0) is 0 Å². The van der Waals surface area contributed by atoms with Gasteiger partial charge in [-0.1, -0.05) is 13.0 Å². The molecule has 0 heterocycles. The van der Waals surface area contributed by atoms with E-state index in [4.69, 9.17) is 5.11 Å². The molecular weight excluding hydrogens is 274 g/mol. The molecule has 1 atom stereocenters. The van der Waals surface area contributed by atoms with Crippen molar-refractivity contribution < 1.29 is 14.8 Å². The third-order valence-corrected chi connectivity index (χ3v) is 3.26. The molecule has 0 bridgehead atoms. The molecule has 1 amide bonds. The smallest absolute Gasteiger partial charge is 0.305 e. The van der Waals surface area contributed by atoms with E-state index in [0.717, 1.165) is 6.42 Å². The highest BCUT2D eigenvalue weighted by atomic mass is 16.6. The summed E-state index contributed by atoms with van der Waals surface area (Å²) in [6.07, 6.45) is 0.816. The van der Waals surface area contributed by atoms with Crippen LogP contribution in [0.2, 0.25) is 0 Å². The van der Waals surface area contributed by atoms with Crippen LogP contribution >= 0.6 is 0 Å². The number of benzene rings is 1. The lowest BCUT2D eigenvalue weighted by Crippen LogP contribution is -2.37. The Balaban J connectivity index is 3.22. The van der Waals surface area contributed by atoms with Gasteiger partial charge in [0.05, 0.1) is 17.6 Å². The van der Waals surface area contributed by atoms with Crippen molar-refractivity contribution >= 4 is 17.3 Å². The molecule has 1 aromatic carbocycles. The molecule has 0 saturated heterocycles. The predicted molar refractivity (Wildman–Crippen MR) is 80.5 cm³/mol. The molecule has 0 aliphatic carbocycles. The van der Waals surface area contributed by atoms with Crippen molar-refractivity contribution in [2.24, 2.45) is 0 Å². The van der Waals surface area contributed by atoms with Crippen molar-refractivity contribution in [2.75, 3.05) is 25.5 Å². The number of hydrogen-bond acceptors (Lipinski definition) is 5. The molecule has 0 radical (unpaired) electrons. The fraction of sp³-hybridized carbons (Fsp3) is 0.500. The van der Waals surface area contributed by atoms with Crippen molar-refractivity contribution in [1.82, 2.24) is 4.90 Å². The normalized spacial score (nSPS) is 11.8. The van der Waals surface area contributed by atoms with Gasteiger partial charge >= 0.3 is 5.69 Å². The van der Waals surface area contributed by atoms with Gasteiger partial charge in [0.1, 0.15) is 11.3 Å². The van der Waals surface area contributed by atoms with Crippen molar-refractivity contribution in [3.05, 3.63) is 33.9 Å². The third-order valence-electron chi connectivity index (χ3n) is 3.26. The molecule has 0 aromatic heterocycles. The molecule has 7 nitrogen and oxygen atoms in total. The van der Waals surface area contributed by atoms with E-state index in [2.05, 4.69) is 5.32 Å². The summed E-state index contributed by atoms with van der Waals surface area (Å²) >= 11 is 0. The Labute approximate surface area is 123 Å². The van der Waals surface area contributed by atoms with E-state index in [-0.39, 0.29) is 17.9 Å². The minimum absolute atomic E-state index is 0.0175. The van der Waals surface area contributed by atoms with Gasteiger partial charge in [0.2, 0.25) is 0 Å². The Hall–Kier alpha value is -2.15. The lowest BCUT2D eigenvalue weighted by Gasteiger charge is -2.23. The van der Waals surface area contributed by atoms with Crippen molar-refractivity contribution in [3.63, 3.8) is 0 Å². The minimum atomic E-state index is -0.553. The van der Waals surface area contributed by atoms with Gasteiger partial charge in [-0.2, -0.15) is 0 Å². The molecule has 2 N–H and O–H groups in total. The molecule has 1 aromatic rings. The monoisotopic (exact) mass is 295 g/mol. The maximum atomic E-state index is 12.4. The first-order valence-corrected chi connectivity index (χ1v) is 6.83. The number of anilines is 1. The van der Waals surface area contributed by atoms with Gasteiger partial charge in [-0.05, 0) is 25.5 Å². The van der Waals surface area contributed by atoms with Crippen LogP contribution in [0, 0.1) is 10.1 Å². The zero-order valence-corrected chi connectivity index (χ0v) is 12.5. The fourth-order valence-corrected chi connectivity index (χ4v) is 1.83. The number of nitro groups is 1. The van der Waals surface area contributed by atoms with Crippen LogP contribution in [0.3, 0.4) is 0 Å². The summed E-state index contributed by atoms with van der Waals surface area (Å²) in [5, 5.41) is 23.4. The van der Waals surface area contributed by atoms with E-state index in [1.54, 1.807) is 19.1 Å². The van der Waals surface area contributed by atoms with Gasteiger partial charge in [-0.3, -0.25) is 14.9 Å². The van der Waals surface area contributed by atoms with Crippen LogP contribution in [0.5, 0.6) is 0 Å². The second-order valence-corrected chi connectivity index (χ2v) is 4.83. The Morgan fingerprint density at radius 2 is 2.19 bits per heavy atom. The number of likely N-dealkylation sites (N-methyl/N-ethyl adjacent to an activating group) is 1. The van der Waals surface area contributed by atoms with E-state index in [1.165, 1.54) is 18.0 Å². The summed E-state index contributed by atoms with van der Waals surface area (Å²) in [7, 11) is 1.51. The highest BCUT2D eigenvalue weighted by molar-refractivity contribution is 6.00. The maximum absolute atomic E-state index is 12.4. The summed E-state index contributed by atoms with van der Waals surface area (Å²) in [4.78, 5) is 24.4. The van der Waals surface area contributed by atoms with Crippen LogP contribution in [0.25, 0.3) is 0 Å². The van der Waals surface area contributed by atoms with Crippen LogP contribution in [0.1, 0.15) is 30.6 Å². The molecule has 0 aliphatic rings. The third kappa shape index (κ3) is 3.91. The van der Waals surface area contributed by atoms with Gasteiger partial charge in [-0.25, -0.2) is 0 Å². The Bertz CT molecular complexity index is 519. The number of rotatable bonds is 7. The van der Waals surface area contributed by atoms with Crippen molar-refractivity contribution in [3.8, 4) is 0 Å². The second kappa shape index (κ2) is 7.58. The number of aliphatic hydroxyl groups is 1. The number of amides is 1. The zero-order chi connectivity index (χ0) is 16.0. The molecule has 0 fully saturated rings. The van der Waals surface area contributed by atoms with E-state index >= 15 is 0 Å². The van der Waals surface area contributed by atoms with E-state index in [1.807, 2.05) is 6.92 Å². The average molecular weight is 295 g/mol. The first-order chi connectivity index (χ1) is 9.93. The van der Waals surface area contributed by atoms with Gasteiger partial charge in [0.25, 0.3) is 5.91 Å². The number of para-hydroxylation sites is 1. The van der Waals surface area contributed by atoms with E-state index in [9.17, 15) is 14.9 Å². The molecular formula is C14H21N3O4. The summed E-state index contributed by atoms with van der Waals surface area (Å²) in [5.41, 5.74) is 0.120. The summed E-state index contributed by atoms with van der Waals surface area (Å²) in [6, 6.07) is 4.21. The predicted octanol–water partition coefficient (Wildman–Crippen LogP) is 1.87. The van der Waals surface area contributed by atoms with Gasteiger partial charge < -0.3 is 15.3 Å². The summed E-state index contributed by atoms with van der Waals surface area (Å²) in [6.45, 7) is 4.00. The number of hydrogen-bond donors (Lipinski definition) is 2. The highest BCUT2D eigenvalue weighted by Gasteiger charge is 2.27. The number of carbonyl (C=O) groups is 1. The summed E-state index contributed by atoms with van der Waals surface area (Å²) in [5.74, 6) is -0.483. The first-order valence-electron chi connectivity index (χ1n) is 6.83. The van der Waals surface area contributed by atoms with Gasteiger partial charge in [-0.15, -0.1) is 0 Å². The van der Waals surface area contributed by atoms with Crippen LogP contribution in [0.15, 0.2) is 18.2 Å². The topological polar surface area (TPSA) is 95.7 Å². The highest BCUT2D eigenvalue weighted by Crippen LogP contribution is 2.29. The Morgan fingerprint density at radius 1 is 1.52 bits per heavy atom. The van der Waals surface area contributed by atoms with E-state index in [0.29, 0.717) is 12.2 Å². The van der Waals surface area contributed by atoms with Crippen molar-refractivity contribution in [2.45, 2.75) is 26.3 Å². The number of carbonyl (C=O) groups excluding carboxylic acids is 1. The summed E-state index contributed by atoms with van der Waals surface area (Å²) < 4.78 is 0. The second-order valence-electron chi connectivity index (χ2n) is 4.83. The lowest BCUT2D eigenvalue weighted by atomic mass is 10.1. The molecule has 0 saturated carbocycles. The number of nitro benzene ring substituents is 1. The Morgan fingerprint density at radius 3 is 2.71 bits per heavy atom. The van der Waals surface area contributed by atoms with Gasteiger partial charge in [0, 0.05) is 13.6 Å². The average Bonchev–Trinajstić information content (AvgIpc) is 2.49. The SMILES string of the molecule is CCCNc1cccc(C(=O)N(C)C(C)CO)c1[N+](=O)[O-]. The van der Waals surface area contributed by atoms with Gasteiger partial charge in [0.15, 0.2) is 0 Å². The molecule has 21 heavy (non-hydrogen) atoms. The number of aliphatic hydroxyl groups excluding tert-OH is 1. The molecule has 1 unspecified atom stereocenters. The number of nitrogens with zero attached hydrogens (tertiary/aromatic N) is 2. The quantitative estimate of drug-likeness (QED) is 0.591. The first kappa shape index (κ1) is 16.9. The van der Waals surface area contributed by atoms with Crippen LogP contribution in [0.4, 0.5) is 11.4 Å². The Kier molecular flexibility index (Phi) is 6.10. The molecule has 116 valence electrons. The van der Waals surface area contributed by atoms with Crippen molar-refractivity contribution in [1.29, 1.82) is 0 Å². The maximum Gasteiger partial charge on any atom is 0.305 e. The molecule has 7 heteroatoms. The molecule has 0 spiro atoms. The van der Waals surface area contributed by atoms with Crippen LogP contribution in [-0.4, -0.2) is 47.1 Å². The van der Waals surface area contributed by atoms with E-state index < -0.39 is 16.9 Å². The minimum Gasteiger partial charge on any atom is -0.394 e. The standard InChI is InChI=1S/C14H21N3O4/c1-4-8-15-12-7-5-6-11(13(12)17(20)21)14(19)16(3)10(2)9-18/h5-7,10,15,18H,4,8-9H2,1-3H3. The number of nitrogens with one attached hydrogen (secondary N) is 1.